The van der Waals surface area contributed by atoms with Gasteiger partial charge in [-0.3, -0.25) is 10.1 Å². The largest absolute Gasteiger partial charge is 0.337 e. The molecule has 0 aliphatic carbocycles. The molecule has 0 atom stereocenters. The van der Waals surface area contributed by atoms with Gasteiger partial charge < -0.3 is 4.89 Å². The van der Waals surface area contributed by atoms with Crippen LogP contribution in [-0.2, 0) is 11.5 Å². The van der Waals surface area contributed by atoms with Gasteiger partial charge in [-0.2, -0.15) is 4.89 Å². The number of nitrogens with zero attached hydrogens (tertiary/aromatic N) is 1. The number of fused-ring (bicyclic) bond motifs is 1. The zero-order chi connectivity index (χ0) is 10.8. The van der Waals surface area contributed by atoms with E-state index in [0.717, 1.165) is 11.1 Å². The number of allylic oxidation sites excluding steroid dienone is 1. The van der Waals surface area contributed by atoms with Crippen molar-refractivity contribution in [1.82, 2.24) is 0 Å². The Bertz CT molecular complexity index is 439. The third kappa shape index (κ3) is 1.97. The van der Waals surface area contributed by atoms with Gasteiger partial charge in [0.2, 0.25) is 5.70 Å². The topological polar surface area (TPSA) is 61.6 Å². The predicted molar refractivity (Wildman–Crippen MR) is 52.5 cm³/mol. The zero-order valence-electron chi connectivity index (χ0n) is 8.10. The van der Waals surface area contributed by atoms with Crippen molar-refractivity contribution < 1.29 is 14.7 Å². The Hall–Kier alpha value is -1.88. The van der Waals surface area contributed by atoms with E-state index in [1.165, 1.54) is 13.0 Å². The number of hydrogen-bond donors (Lipinski definition) is 0. The van der Waals surface area contributed by atoms with Crippen LogP contribution in [0.5, 0.6) is 5.75 Å². The molecule has 1 aromatic carbocycles. The molecule has 0 unspecified atom stereocenters. The third-order valence-corrected chi connectivity index (χ3v) is 2.12. The van der Waals surface area contributed by atoms with Crippen molar-refractivity contribution in [3.8, 4) is 5.75 Å². The lowest BCUT2D eigenvalue weighted by Gasteiger charge is -1.97. The van der Waals surface area contributed by atoms with Crippen molar-refractivity contribution in [2.75, 3.05) is 0 Å². The van der Waals surface area contributed by atoms with E-state index in [4.69, 9.17) is 9.78 Å². The van der Waals surface area contributed by atoms with Crippen molar-refractivity contribution in [3.63, 3.8) is 0 Å². The van der Waals surface area contributed by atoms with E-state index in [0.29, 0.717) is 12.4 Å². The van der Waals surface area contributed by atoms with Crippen LogP contribution in [0.2, 0.25) is 0 Å². The number of nitro groups is 1. The van der Waals surface area contributed by atoms with E-state index in [1.54, 1.807) is 12.1 Å². The standard InChI is InChI=1S/C10H9NO4/c1-7(11(12)13)4-8-2-3-9-6-14-15-10(9)5-8/h2-5H,6H2,1H3/b7-4-. The maximum absolute atomic E-state index is 10.4. The molecule has 1 aromatic rings. The minimum absolute atomic E-state index is 0.0915. The molecule has 78 valence electrons. The molecule has 1 heterocycles. The molecule has 0 spiro atoms. The minimum atomic E-state index is -0.426. The van der Waals surface area contributed by atoms with Crippen LogP contribution in [0.25, 0.3) is 6.08 Å². The predicted octanol–water partition coefficient (Wildman–Crippen LogP) is 2.15. The van der Waals surface area contributed by atoms with E-state index in [-0.39, 0.29) is 5.70 Å². The van der Waals surface area contributed by atoms with Gasteiger partial charge in [-0.15, -0.1) is 0 Å². The molecule has 0 amide bonds. The fourth-order valence-electron chi connectivity index (χ4n) is 1.31. The van der Waals surface area contributed by atoms with Crippen molar-refractivity contribution in [3.05, 3.63) is 45.1 Å². The van der Waals surface area contributed by atoms with Gasteiger partial charge in [-0.25, -0.2) is 0 Å². The van der Waals surface area contributed by atoms with Gasteiger partial charge in [0, 0.05) is 18.6 Å². The molecule has 0 saturated carbocycles. The molecule has 1 aliphatic rings. The quantitative estimate of drug-likeness (QED) is 0.423. The van der Waals surface area contributed by atoms with Gasteiger partial charge >= 0.3 is 0 Å². The van der Waals surface area contributed by atoms with Crippen LogP contribution in [0.4, 0.5) is 0 Å². The lowest BCUT2D eigenvalue weighted by atomic mass is 10.1. The number of benzene rings is 1. The van der Waals surface area contributed by atoms with Gasteiger partial charge in [0.25, 0.3) is 0 Å². The lowest BCUT2D eigenvalue weighted by molar-refractivity contribution is -0.422. The SMILES string of the molecule is C/C(=C/c1ccc2c(c1)OOC2)[N+](=O)[O-]. The van der Waals surface area contributed by atoms with Crippen LogP contribution in [0, 0.1) is 10.1 Å². The Morgan fingerprint density at radius 1 is 1.60 bits per heavy atom. The monoisotopic (exact) mass is 207 g/mol. The van der Waals surface area contributed by atoms with Crippen LogP contribution in [-0.4, -0.2) is 4.92 Å². The summed E-state index contributed by atoms with van der Waals surface area (Å²) >= 11 is 0. The third-order valence-electron chi connectivity index (χ3n) is 2.12. The highest BCUT2D eigenvalue weighted by molar-refractivity contribution is 5.55. The highest BCUT2D eigenvalue weighted by atomic mass is 17.2. The first-order valence-corrected chi connectivity index (χ1v) is 4.42. The van der Waals surface area contributed by atoms with Gasteiger partial charge in [0.15, 0.2) is 5.75 Å². The van der Waals surface area contributed by atoms with Crippen molar-refractivity contribution in [2.45, 2.75) is 13.5 Å². The van der Waals surface area contributed by atoms with Crippen LogP contribution in [0.15, 0.2) is 23.9 Å². The van der Waals surface area contributed by atoms with E-state index < -0.39 is 4.92 Å². The Morgan fingerprint density at radius 3 is 3.13 bits per heavy atom. The second-order valence-electron chi connectivity index (χ2n) is 3.26. The number of rotatable bonds is 2. The first-order chi connectivity index (χ1) is 7.16. The van der Waals surface area contributed by atoms with Gasteiger partial charge in [-0.05, 0) is 11.6 Å². The fourth-order valence-corrected chi connectivity index (χ4v) is 1.31. The van der Waals surface area contributed by atoms with E-state index in [1.807, 2.05) is 6.07 Å². The van der Waals surface area contributed by atoms with Crippen LogP contribution in [0.1, 0.15) is 18.1 Å². The first-order valence-electron chi connectivity index (χ1n) is 4.42. The molecule has 5 nitrogen and oxygen atoms in total. The maximum Gasteiger partial charge on any atom is 0.243 e. The second kappa shape index (κ2) is 3.70. The zero-order valence-corrected chi connectivity index (χ0v) is 8.10. The number of hydrogen-bond acceptors (Lipinski definition) is 4. The van der Waals surface area contributed by atoms with Crippen molar-refractivity contribution in [1.29, 1.82) is 0 Å². The molecule has 0 bridgehead atoms. The molecule has 15 heavy (non-hydrogen) atoms. The molecule has 0 aromatic heterocycles. The summed E-state index contributed by atoms with van der Waals surface area (Å²) in [6, 6.07) is 5.35. The second-order valence-corrected chi connectivity index (χ2v) is 3.26. The normalized spacial score (nSPS) is 14.6. The van der Waals surface area contributed by atoms with E-state index in [9.17, 15) is 10.1 Å². The molecule has 0 saturated heterocycles. The van der Waals surface area contributed by atoms with Crippen molar-refractivity contribution in [2.24, 2.45) is 0 Å². The highest BCUT2D eigenvalue weighted by Gasteiger charge is 2.13. The van der Waals surface area contributed by atoms with Crippen LogP contribution < -0.4 is 4.89 Å². The van der Waals surface area contributed by atoms with E-state index >= 15 is 0 Å². The molecule has 2 rings (SSSR count). The maximum atomic E-state index is 10.4. The molecule has 0 N–H and O–H groups in total. The first kappa shape index (κ1) is 9.67. The molecule has 0 fully saturated rings. The Balaban J connectivity index is 2.31. The Labute approximate surface area is 86.0 Å². The summed E-state index contributed by atoms with van der Waals surface area (Å²) < 4.78 is 0. The highest BCUT2D eigenvalue weighted by Crippen LogP contribution is 2.27. The molecule has 0 radical (unpaired) electrons. The van der Waals surface area contributed by atoms with Gasteiger partial charge in [0.05, 0.1) is 4.92 Å². The lowest BCUT2D eigenvalue weighted by Crippen LogP contribution is -1.93. The Morgan fingerprint density at radius 2 is 2.40 bits per heavy atom. The molecular weight excluding hydrogens is 198 g/mol. The summed E-state index contributed by atoms with van der Waals surface area (Å²) in [7, 11) is 0. The molecular formula is C10H9NO4. The average molecular weight is 207 g/mol. The summed E-state index contributed by atoms with van der Waals surface area (Å²) in [4.78, 5) is 19.6. The summed E-state index contributed by atoms with van der Waals surface area (Å²) in [6.07, 6.45) is 1.49. The van der Waals surface area contributed by atoms with E-state index in [2.05, 4.69) is 0 Å². The summed E-state index contributed by atoms with van der Waals surface area (Å²) in [6.45, 7) is 1.87. The summed E-state index contributed by atoms with van der Waals surface area (Å²) in [5.74, 6) is 0.625. The van der Waals surface area contributed by atoms with Crippen LogP contribution in [0.3, 0.4) is 0 Å². The Kier molecular flexibility index (Phi) is 2.39. The average Bonchev–Trinajstić information content (AvgIpc) is 2.64. The minimum Gasteiger partial charge on any atom is -0.337 e. The molecule has 5 heteroatoms. The van der Waals surface area contributed by atoms with Gasteiger partial charge in [-0.1, -0.05) is 12.1 Å². The smallest absolute Gasteiger partial charge is 0.243 e. The van der Waals surface area contributed by atoms with Crippen LogP contribution >= 0.6 is 0 Å². The van der Waals surface area contributed by atoms with Crippen molar-refractivity contribution >= 4 is 6.08 Å². The molecule has 1 aliphatic heterocycles. The van der Waals surface area contributed by atoms with Gasteiger partial charge in [0.1, 0.15) is 6.61 Å². The fraction of sp³-hybridized carbons (Fsp3) is 0.200. The summed E-state index contributed by atoms with van der Waals surface area (Å²) in [5, 5.41) is 10.4. The summed E-state index contributed by atoms with van der Waals surface area (Å²) in [5.41, 5.74) is 1.77.